The fourth-order valence-corrected chi connectivity index (χ4v) is 3.30. The Bertz CT molecular complexity index is 657. The van der Waals surface area contributed by atoms with Gasteiger partial charge in [0.15, 0.2) is 0 Å². The van der Waals surface area contributed by atoms with Crippen LogP contribution in [0.2, 0.25) is 0 Å². The zero-order valence-corrected chi connectivity index (χ0v) is 12.9. The van der Waals surface area contributed by atoms with Crippen LogP contribution in [0.25, 0.3) is 0 Å². The lowest BCUT2D eigenvalue weighted by Crippen LogP contribution is -2.47. The normalized spacial score (nSPS) is 17.1. The van der Waals surface area contributed by atoms with Gasteiger partial charge >= 0.3 is 0 Å². The second-order valence-corrected chi connectivity index (χ2v) is 6.03. The van der Waals surface area contributed by atoms with Crippen molar-refractivity contribution >= 4 is 11.7 Å². The first-order valence-electron chi connectivity index (χ1n) is 7.78. The number of benzene rings is 1. The van der Waals surface area contributed by atoms with Gasteiger partial charge in [0.1, 0.15) is 11.4 Å². The molecule has 0 atom stereocenters. The van der Waals surface area contributed by atoms with Crippen LogP contribution >= 0.6 is 0 Å². The number of nitrogens with zero attached hydrogens (tertiary/aromatic N) is 2. The summed E-state index contributed by atoms with van der Waals surface area (Å²) in [5, 5.41) is 7.30. The van der Waals surface area contributed by atoms with Crippen molar-refractivity contribution in [2.24, 2.45) is 7.05 Å². The van der Waals surface area contributed by atoms with E-state index in [4.69, 9.17) is 5.73 Å². The first-order valence-corrected chi connectivity index (χ1v) is 7.78. The fourth-order valence-electron chi connectivity index (χ4n) is 3.30. The number of nitrogens with two attached hydrogens (primary N) is 1. The lowest BCUT2D eigenvalue weighted by Gasteiger charge is -2.38. The number of rotatable bonds is 3. The van der Waals surface area contributed by atoms with Gasteiger partial charge in [0, 0.05) is 7.05 Å². The largest absolute Gasteiger partial charge is 0.383 e. The molecule has 1 aromatic carbocycles. The molecule has 1 amide bonds. The van der Waals surface area contributed by atoms with Gasteiger partial charge in [-0.1, -0.05) is 49.6 Å². The molecular formula is C17H22N4O. The minimum atomic E-state index is -0.293. The number of carbonyl (C=O) groups is 1. The van der Waals surface area contributed by atoms with Gasteiger partial charge < -0.3 is 11.1 Å². The maximum atomic E-state index is 12.7. The quantitative estimate of drug-likeness (QED) is 0.914. The molecule has 0 radical (unpaired) electrons. The van der Waals surface area contributed by atoms with E-state index in [2.05, 4.69) is 22.5 Å². The van der Waals surface area contributed by atoms with Crippen LogP contribution in [0.3, 0.4) is 0 Å². The average Bonchev–Trinajstić information content (AvgIpc) is 2.89. The molecule has 0 aliphatic heterocycles. The average molecular weight is 298 g/mol. The molecule has 1 aliphatic rings. The van der Waals surface area contributed by atoms with Crippen LogP contribution in [-0.4, -0.2) is 15.7 Å². The van der Waals surface area contributed by atoms with Crippen LogP contribution in [0.1, 0.15) is 48.0 Å². The van der Waals surface area contributed by atoms with Crippen LogP contribution in [0.4, 0.5) is 5.82 Å². The van der Waals surface area contributed by atoms with E-state index in [9.17, 15) is 4.79 Å². The van der Waals surface area contributed by atoms with Gasteiger partial charge in [0.25, 0.3) is 5.91 Å². The Morgan fingerprint density at radius 1 is 1.23 bits per heavy atom. The summed E-state index contributed by atoms with van der Waals surface area (Å²) in [6, 6.07) is 10.2. The first-order chi connectivity index (χ1) is 10.6. The van der Waals surface area contributed by atoms with Crippen molar-refractivity contribution in [3.63, 3.8) is 0 Å². The maximum Gasteiger partial charge on any atom is 0.257 e. The van der Waals surface area contributed by atoms with Crippen molar-refractivity contribution in [1.29, 1.82) is 0 Å². The molecule has 3 N–H and O–H groups in total. The van der Waals surface area contributed by atoms with Crippen LogP contribution in [0.15, 0.2) is 36.5 Å². The molecule has 2 aromatic rings. The third-order valence-electron chi connectivity index (χ3n) is 4.62. The molecule has 0 bridgehead atoms. The Balaban J connectivity index is 1.91. The number of amides is 1. The number of anilines is 1. The SMILES string of the molecule is Cn1ncc(C(=O)NC2(c3ccccc3)CCCCC2)c1N. The summed E-state index contributed by atoms with van der Waals surface area (Å²) in [6.45, 7) is 0. The molecule has 1 heterocycles. The third-order valence-corrected chi connectivity index (χ3v) is 4.62. The van der Waals surface area contributed by atoms with Crippen molar-refractivity contribution < 1.29 is 4.79 Å². The van der Waals surface area contributed by atoms with E-state index in [1.807, 2.05) is 18.2 Å². The van der Waals surface area contributed by atoms with Gasteiger partial charge in [-0.05, 0) is 18.4 Å². The Kier molecular flexibility index (Phi) is 3.88. The van der Waals surface area contributed by atoms with Crippen LogP contribution < -0.4 is 11.1 Å². The number of aromatic nitrogens is 2. The number of nitrogen functional groups attached to an aromatic ring is 1. The molecule has 0 spiro atoms. The van der Waals surface area contributed by atoms with Crippen molar-refractivity contribution in [2.45, 2.75) is 37.6 Å². The molecule has 1 aromatic heterocycles. The molecular weight excluding hydrogens is 276 g/mol. The van der Waals surface area contributed by atoms with E-state index >= 15 is 0 Å². The van der Waals surface area contributed by atoms with E-state index in [1.165, 1.54) is 22.9 Å². The van der Waals surface area contributed by atoms with Crippen molar-refractivity contribution in [2.75, 3.05) is 5.73 Å². The first kappa shape index (κ1) is 14.6. The van der Waals surface area contributed by atoms with Gasteiger partial charge in [-0.15, -0.1) is 0 Å². The molecule has 0 unspecified atom stereocenters. The Labute approximate surface area is 130 Å². The molecule has 5 nitrogen and oxygen atoms in total. The van der Waals surface area contributed by atoms with E-state index in [0.29, 0.717) is 11.4 Å². The van der Waals surface area contributed by atoms with Gasteiger partial charge in [-0.25, -0.2) is 0 Å². The minimum absolute atomic E-state index is 0.142. The van der Waals surface area contributed by atoms with Crippen molar-refractivity contribution in [1.82, 2.24) is 15.1 Å². The Morgan fingerprint density at radius 2 is 1.91 bits per heavy atom. The minimum Gasteiger partial charge on any atom is -0.383 e. The molecule has 116 valence electrons. The van der Waals surface area contributed by atoms with Crippen LogP contribution in [0.5, 0.6) is 0 Å². The van der Waals surface area contributed by atoms with E-state index in [0.717, 1.165) is 25.7 Å². The Hall–Kier alpha value is -2.30. The highest BCUT2D eigenvalue weighted by Gasteiger charge is 2.36. The molecule has 5 heteroatoms. The molecule has 1 saturated carbocycles. The topological polar surface area (TPSA) is 72.9 Å². The standard InChI is InChI=1S/C17H22N4O/c1-21-15(18)14(12-19-21)16(22)20-17(10-6-3-7-11-17)13-8-4-2-5-9-13/h2,4-5,8-9,12H,3,6-7,10-11,18H2,1H3,(H,20,22). The molecule has 22 heavy (non-hydrogen) atoms. The predicted molar refractivity (Wildman–Crippen MR) is 86.3 cm³/mol. The highest BCUT2D eigenvalue weighted by molar-refractivity contribution is 5.98. The molecule has 1 aliphatic carbocycles. The zero-order chi connectivity index (χ0) is 15.6. The summed E-state index contributed by atoms with van der Waals surface area (Å²) in [7, 11) is 1.74. The van der Waals surface area contributed by atoms with E-state index in [-0.39, 0.29) is 11.4 Å². The second-order valence-electron chi connectivity index (χ2n) is 6.03. The van der Waals surface area contributed by atoms with Crippen LogP contribution in [0, 0.1) is 0 Å². The van der Waals surface area contributed by atoms with Crippen LogP contribution in [-0.2, 0) is 12.6 Å². The maximum absolute atomic E-state index is 12.7. The number of nitrogens with one attached hydrogen (secondary N) is 1. The number of carbonyl (C=O) groups excluding carboxylic acids is 1. The molecule has 0 saturated heterocycles. The van der Waals surface area contributed by atoms with E-state index < -0.39 is 0 Å². The summed E-state index contributed by atoms with van der Waals surface area (Å²) in [4.78, 5) is 12.7. The summed E-state index contributed by atoms with van der Waals surface area (Å²) in [5.74, 6) is 0.257. The Morgan fingerprint density at radius 3 is 2.50 bits per heavy atom. The lowest BCUT2D eigenvalue weighted by atomic mass is 9.76. The summed E-state index contributed by atoms with van der Waals surface area (Å²) in [6.07, 6.45) is 6.92. The summed E-state index contributed by atoms with van der Waals surface area (Å²) in [5.41, 5.74) is 7.26. The van der Waals surface area contributed by atoms with Crippen molar-refractivity contribution in [3.05, 3.63) is 47.7 Å². The fraction of sp³-hybridized carbons (Fsp3) is 0.412. The van der Waals surface area contributed by atoms with E-state index in [1.54, 1.807) is 7.05 Å². The number of hydrogen-bond donors (Lipinski definition) is 2. The van der Waals surface area contributed by atoms with Gasteiger partial charge in [0.2, 0.25) is 0 Å². The molecule has 1 fully saturated rings. The lowest BCUT2D eigenvalue weighted by molar-refractivity contribution is 0.0867. The van der Waals surface area contributed by atoms with Gasteiger partial charge in [-0.3, -0.25) is 9.48 Å². The highest BCUT2D eigenvalue weighted by Crippen LogP contribution is 2.37. The van der Waals surface area contributed by atoms with Gasteiger partial charge in [-0.2, -0.15) is 5.10 Å². The highest BCUT2D eigenvalue weighted by atomic mass is 16.1. The van der Waals surface area contributed by atoms with Crippen molar-refractivity contribution in [3.8, 4) is 0 Å². The number of hydrogen-bond acceptors (Lipinski definition) is 3. The summed E-state index contributed by atoms with van der Waals surface area (Å²) >= 11 is 0. The number of aryl methyl sites for hydroxylation is 1. The zero-order valence-electron chi connectivity index (χ0n) is 12.9. The summed E-state index contributed by atoms with van der Waals surface area (Å²) < 4.78 is 1.52. The monoisotopic (exact) mass is 298 g/mol. The predicted octanol–water partition coefficient (Wildman–Crippen LogP) is 2.59. The molecule has 3 rings (SSSR count). The third kappa shape index (κ3) is 2.58. The van der Waals surface area contributed by atoms with Gasteiger partial charge in [0.05, 0.1) is 11.7 Å². The smallest absolute Gasteiger partial charge is 0.257 e. The second kappa shape index (κ2) is 5.83.